The van der Waals surface area contributed by atoms with Crippen molar-refractivity contribution < 1.29 is 9.90 Å². The van der Waals surface area contributed by atoms with Gasteiger partial charge in [0, 0.05) is 10.6 Å². The van der Waals surface area contributed by atoms with Crippen LogP contribution in [0.15, 0.2) is 25.7 Å². The van der Waals surface area contributed by atoms with E-state index in [4.69, 9.17) is 10.8 Å². The number of carboxylic acids is 1. The Morgan fingerprint density at radius 3 is 2.63 bits per heavy atom. The lowest BCUT2D eigenvalue weighted by Gasteiger charge is -2.07. The van der Waals surface area contributed by atoms with Crippen molar-refractivity contribution in [1.82, 2.24) is 10.2 Å². The van der Waals surface area contributed by atoms with Crippen LogP contribution in [0.1, 0.15) is 15.9 Å². The molecule has 0 fully saturated rings. The number of hydrogen-bond acceptors (Lipinski definition) is 7. The Bertz CT molecular complexity index is 628. The highest BCUT2D eigenvalue weighted by atomic mass is 32.2. The summed E-state index contributed by atoms with van der Waals surface area (Å²) in [7, 11) is 0. The topological polar surface area (TPSA) is 89.1 Å². The molecule has 0 aliphatic carbocycles. The number of aromatic nitrogens is 2. The molecule has 1 heterocycles. The predicted molar refractivity (Wildman–Crippen MR) is 78.4 cm³/mol. The highest BCUT2D eigenvalue weighted by Crippen LogP contribution is 2.35. The van der Waals surface area contributed by atoms with Crippen LogP contribution in [-0.4, -0.2) is 27.5 Å². The molecule has 0 aliphatic rings. The molecule has 0 radical (unpaired) electrons. The van der Waals surface area contributed by atoms with Gasteiger partial charge in [-0.1, -0.05) is 34.9 Å². The molecule has 0 unspecified atom stereocenters. The molecule has 2 rings (SSSR count). The van der Waals surface area contributed by atoms with Gasteiger partial charge in [-0.3, -0.25) is 0 Å². The summed E-state index contributed by atoms with van der Waals surface area (Å²) in [6.07, 6.45) is 1.94. The third-order valence-electron chi connectivity index (χ3n) is 2.36. The summed E-state index contributed by atoms with van der Waals surface area (Å²) in [5.41, 5.74) is 6.93. The van der Waals surface area contributed by atoms with Crippen molar-refractivity contribution >= 4 is 46.5 Å². The average Bonchev–Trinajstić information content (AvgIpc) is 2.81. The summed E-state index contributed by atoms with van der Waals surface area (Å²) in [4.78, 5) is 11.9. The normalized spacial score (nSPS) is 10.6. The van der Waals surface area contributed by atoms with E-state index in [1.54, 1.807) is 13.0 Å². The zero-order chi connectivity index (χ0) is 14.0. The van der Waals surface area contributed by atoms with Crippen molar-refractivity contribution in [1.29, 1.82) is 0 Å². The van der Waals surface area contributed by atoms with Crippen LogP contribution in [0.4, 0.5) is 5.69 Å². The third kappa shape index (κ3) is 3.20. The molecule has 2 aromatic rings. The van der Waals surface area contributed by atoms with Crippen LogP contribution in [0.3, 0.4) is 0 Å². The number of aromatic carboxylic acids is 1. The molecule has 100 valence electrons. The number of rotatable bonds is 4. The van der Waals surface area contributed by atoms with Gasteiger partial charge in [-0.15, -0.1) is 10.2 Å². The van der Waals surface area contributed by atoms with Crippen LogP contribution < -0.4 is 5.73 Å². The van der Waals surface area contributed by atoms with Crippen molar-refractivity contribution in [3.05, 3.63) is 23.3 Å². The number of carbonyl (C=O) groups is 1. The first-order chi connectivity index (χ1) is 9.01. The average molecular weight is 313 g/mol. The van der Waals surface area contributed by atoms with Crippen molar-refractivity contribution in [3.8, 4) is 0 Å². The van der Waals surface area contributed by atoms with Crippen LogP contribution >= 0.6 is 34.9 Å². The summed E-state index contributed by atoms with van der Waals surface area (Å²) in [6, 6.07) is 3.42. The zero-order valence-corrected chi connectivity index (χ0v) is 12.7. The van der Waals surface area contributed by atoms with E-state index >= 15 is 0 Å². The maximum atomic E-state index is 11.1. The van der Waals surface area contributed by atoms with E-state index in [0.717, 1.165) is 19.1 Å². The van der Waals surface area contributed by atoms with E-state index < -0.39 is 5.97 Å². The number of aryl methyl sites for hydroxylation is 1. The van der Waals surface area contributed by atoms with Gasteiger partial charge in [0.05, 0.1) is 5.56 Å². The molecular formula is C11H11N3O2S3. The minimum absolute atomic E-state index is 0.122. The van der Waals surface area contributed by atoms with Crippen LogP contribution in [0.5, 0.6) is 0 Å². The Morgan fingerprint density at radius 2 is 2.05 bits per heavy atom. The SMILES string of the molecule is CSc1nnc(Sc2cc(C)c(N)c(C(=O)O)c2)s1. The second kappa shape index (κ2) is 5.81. The van der Waals surface area contributed by atoms with Gasteiger partial charge in [-0.25, -0.2) is 4.79 Å². The number of thioether (sulfide) groups is 1. The molecule has 5 nitrogen and oxygen atoms in total. The van der Waals surface area contributed by atoms with E-state index in [1.165, 1.54) is 34.9 Å². The smallest absolute Gasteiger partial charge is 0.337 e. The number of nitrogens with two attached hydrogens (primary N) is 1. The van der Waals surface area contributed by atoms with Crippen LogP contribution in [0.25, 0.3) is 0 Å². The van der Waals surface area contributed by atoms with Crippen molar-refractivity contribution in [3.63, 3.8) is 0 Å². The standard InChI is InChI=1S/C11H11N3O2S3/c1-5-3-6(4-7(8(5)12)9(15)16)18-11-14-13-10(17-2)19-11/h3-4H,12H2,1-2H3,(H,15,16). The van der Waals surface area contributed by atoms with Gasteiger partial charge in [0.15, 0.2) is 8.68 Å². The Labute approximate surface area is 122 Å². The largest absolute Gasteiger partial charge is 0.478 e. The molecule has 0 bridgehead atoms. The van der Waals surface area contributed by atoms with Crippen LogP contribution in [-0.2, 0) is 0 Å². The molecule has 8 heteroatoms. The minimum Gasteiger partial charge on any atom is -0.478 e. The molecule has 0 aliphatic heterocycles. The van der Waals surface area contributed by atoms with Crippen molar-refractivity contribution in [2.45, 2.75) is 20.5 Å². The van der Waals surface area contributed by atoms with Gasteiger partial charge in [0.2, 0.25) is 0 Å². The van der Waals surface area contributed by atoms with Gasteiger partial charge >= 0.3 is 5.97 Å². The Hall–Kier alpha value is -1.25. The number of nitrogens with zero attached hydrogens (tertiary/aromatic N) is 2. The maximum Gasteiger partial charge on any atom is 0.337 e. The molecule has 0 spiro atoms. The predicted octanol–water partition coefficient (Wildman–Crippen LogP) is 3.00. The summed E-state index contributed by atoms with van der Waals surface area (Å²) in [6.45, 7) is 1.79. The summed E-state index contributed by atoms with van der Waals surface area (Å²) < 4.78 is 1.66. The Balaban J connectivity index is 2.32. The maximum absolute atomic E-state index is 11.1. The van der Waals surface area contributed by atoms with Gasteiger partial charge < -0.3 is 10.8 Å². The highest BCUT2D eigenvalue weighted by Gasteiger charge is 2.13. The lowest BCUT2D eigenvalue weighted by atomic mass is 10.1. The molecule has 19 heavy (non-hydrogen) atoms. The van der Waals surface area contributed by atoms with Gasteiger partial charge in [0.1, 0.15) is 0 Å². The Morgan fingerprint density at radius 1 is 1.37 bits per heavy atom. The van der Waals surface area contributed by atoms with Gasteiger partial charge in [-0.2, -0.15) is 0 Å². The fraction of sp³-hybridized carbons (Fsp3) is 0.182. The molecule has 0 atom stereocenters. The third-order valence-corrected chi connectivity index (χ3v) is 5.28. The van der Waals surface area contributed by atoms with Crippen molar-refractivity contribution in [2.75, 3.05) is 12.0 Å². The molecular weight excluding hydrogens is 302 g/mol. The fourth-order valence-electron chi connectivity index (χ4n) is 1.42. The van der Waals surface area contributed by atoms with E-state index in [-0.39, 0.29) is 5.56 Å². The van der Waals surface area contributed by atoms with E-state index in [1.807, 2.05) is 12.3 Å². The number of nitrogen functional groups attached to an aromatic ring is 1. The van der Waals surface area contributed by atoms with Crippen molar-refractivity contribution in [2.24, 2.45) is 0 Å². The van der Waals surface area contributed by atoms with E-state index in [2.05, 4.69) is 10.2 Å². The summed E-state index contributed by atoms with van der Waals surface area (Å²) in [5.74, 6) is -1.02. The highest BCUT2D eigenvalue weighted by molar-refractivity contribution is 8.03. The molecule has 1 aromatic heterocycles. The number of anilines is 1. The molecule has 0 amide bonds. The molecule has 0 saturated carbocycles. The summed E-state index contributed by atoms with van der Waals surface area (Å²) in [5, 5.41) is 17.1. The molecule has 1 aromatic carbocycles. The second-order valence-electron chi connectivity index (χ2n) is 3.65. The van der Waals surface area contributed by atoms with Gasteiger partial charge in [0.25, 0.3) is 0 Å². The quantitative estimate of drug-likeness (QED) is 0.662. The van der Waals surface area contributed by atoms with Gasteiger partial charge in [-0.05, 0) is 30.9 Å². The second-order valence-corrected chi connectivity index (χ2v) is 7.00. The van der Waals surface area contributed by atoms with E-state index in [0.29, 0.717) is 5.69 Å². The first-order valence-corrected chi connectivity index (χ1v) is 8.05. The molecule has 3 N–H and O–H groups in total. The number of benzene rings is 1. The lowest BCUT2D eigenvalue weighted by molar-refractivity contribution is 0.0697. The summed E-state index contributed by atoms with van der Waals surface area (Å²) >= 11 is 4.40. The molecule has 0 saturated heterocycles. The first kappa shape index (κ1) is 14.2. The monoisotopic (exact) mass is 313 g/mol. The first-order valence-electron chi connectivity index (χ1n) is 5.20. The number of carboxylic acid groups (broad SMARTS) is 1. The number of hydrogen-bond donors (Lipinski definition) is 2. The lowest BCUT2D eigenvalue weighted by Crippen LogP contribution is -2.04. The minimum atomic E-state index is -1.02. The fourth-order valence-corrected chi connectivity index (χ4v) is 3.97. The van der Waals surface area contributed by atoms with E-state index in [9.17, 15) is 4.79 Å². The van der Waals surface area contributed by atoms with Crippen LogP contribution in [0.2, 0.25) is 0 Å². The Kier molecular flexibility index (Phi) is 4.33. The van der Waals surface area contributed by atoms with Crippen LogP contribution in [0, 0.1) is 6.92 Å². The zero-order valence-electron chi connectivity index (χ0n) is 10.2.